The summed E-state index contributed by atoms with van der Waals surface area (Å²) in [7, 11) is 1.45. The van der Waals surface area contributed by atoms with Gasteiger partial charge >= 0.3 is 6.18 Å². The summed E-state index contributed by atoms with van der Waals surface area (Å²) in [5.41, 5.74) is -0.326. The van der Waals surface area contributed by atoms with Crippen molar-refractivity contribution in [3.63, 3.8) is 0 Å². The van der Waals surface area contributed by atoms with Crippen LogP contribution in [0.2, 0.25) is 0 Å². The van der Waals surface area contributed by atoms with Gasteiger partial charge < -0.3 is 9.69 Å². The first kappa shape index (κ1) is 19.6. The van der Waals surface area contributed by atoms with Crippen LogP contribution in [0.5, 0.6) is 0 Å². The third kappa shape index (κ3) is 4.91. The van der Waals surface area contributed by atoms with Gasteiger partial charge in [0.25, 0.3) is 5.91 Å². The maximum absolute atomic E-state index is 13.1. The minimum atomic E-state index is -4.54. The number of alkyl halides is 3. The zero-order valence-electron chi connectivity index (χ0n) is 14.0. The fraction of sp³-hybridized carbons (Fsp3) is 0.263. The quantitative estimate of drug-likeness (QED) is 0.564. The average molecular weight is 367 g/mol. The summed E-state index contributed by atoms with van der Waals surface area (Å²) in [4.78, 5) is 24.6. The van der Waals surface area contributed by atoms with E-state index in [0.29, 0.717) is 11.8 Å². The van der Waals surface area contributed by atoms with E-state index in [9.17, 15) is 27.2 Å². The molecule has 0 saturated heterocycles. The third-order valence-corrected chi connectivity index (χ3v) is 4.00. The maximum atomic E-state index is 13.1. The highest BCUT2D eigenvalue weighted by molar-refractivity contribution is 5.94. The first-order valence-electron chi connectivity index (χ1n) is 7.84. The number of rotatable bonds is 6. The Morgan fingerprint density at radius 2 is 1.81 bits per heavy atom. The number of carbonyl (C=O) groups is 2. The van der Waals surface area contributed by atoms with Gasteiger partial charge in [-0.3, -0.25) is 4.79 Å². The number of benzene rings is 2. The molecule has 0 spiro atoms. The van der Waals surface area contributed by atoms with Gasteiger partial charge in [-0.2, -0.15) is 13.2 Å². The average Bonchev–Trinajstić information content (AvgIpc) is 2.60. The number of hydrogen-bond donors (Lipinski definition) is 0. The molecule has 0 aromatic heterocycles. The van der Waals surface area contributed by atoms with Gasteiger partial charge in [0, 0.05) is 31.5 Å². The van der Waals surface area contributed by atoms with Crippen LogP contribution >= 0.6 is 0 Å². The highest BCUT2D eigenvalue weighted by Crippen LogP contribution is 2.30. The summed E-state index contributed by atoms with van der Waals surface area (Å²) >= 11 is 0. The van der Waals surface area contributed by atoms with Crippen molar-refractivity contribution in [3.05, 3.63) is 71.0 Å². The molecule has 1 atom stereocenters. The van der Waals surface area contributed by atoms with E-state index >= 15 is 0 Å². The summed E-state index contributed by atoms with van der Waals surface area (Å²) in [5.74, 6) is -1.39. The van der Waals surface area contributed by atoms with Crippen molar-refractivity contribution in [1.82, 2.24) is 4.90 Å². The molecule has 0 saturated carbocycles. The topological polar surface area (TPSA) is 37.4 Å². The molecule has 0 aliphatic carbocycles. The summed E-state index contributed by atoms with van der Waals surface area (Å²) < 4.78 is 51.5. The van der Waals surface area contributed by atoms with Crippen LogP contribution in [0.15, 0.2) is 48.5 Å². The summed E-state index contributed by atoms with van der Waals surface area (Å²) in [6.45, 7) is 0.111. The van der Waals surface area contributed by atoms with Gasteiger partial charge in [0.2, 0.25) is 0 Å². The van der Waals surface area contributed by atoms with Crippen LogP contribution in [0.1, 0.15) is 33.8 Å². The molecule has 3 nitrogen and oxygen atoms in total. The first-order chi connectivity index (χ1) is 12.2. The summed E-state index contributed by atoms with van der Waals surface area (Å²) in [6.07, 6.45) is -3.74. The molecule has 0 N–H and O–H groups in total. The lowest BCUT2D eigenvalue weighted by molar-refractivity contribution is -0.137. The molecule has 7 heteroatoms. The minimum absolute atomic E-state index is 0.0914. The van der Waals surface area contributed by atoms with Gasteiger partial charge in [0.05, 0.1) is 5.56 Å². The first-order valence-corrected chi connectivity index (χ1v) is 7.84. The monoisotopic (exact) mass is 367 g/mol. The van der Waals surface area contributed by atoms with E-state index in [4.69, 9.17) is 0 Å². The second-order valence-corrected chi connectivity index (χ2v) is 5.92. The van der Waals surface area contributed by atoms with Gasteiger partial charge in [-0.1, -0.05) is 18.2 Å². The Kier molecular flexibility index (Phi) is 6.13. The number of carbonyl (C=O) groups excluding carboxylic acids is 2. The molecule has 0 aliphatic heterocycles. The summed E-state index contributed by atoms with van der Waals surface area (Å²) in [6, 6.07) is 9.71. The van der Waals surface area contributed by atoms with Gasteiger partial charge in [0.15, 0.2) is 0 Å². The van der Waals surface area contributed by atoms with E-state index in [1.165, 1.54) is 48.3 Å². The molecule has 1 amide bonds. The lowest BCUT2D eigenvalue weighted by atomic mass is 9.95. The predicted octanol–water partition coefficient (Wildman–Crippen LogP) is 4.29. The Labute approximate surface area is 148 Å². The second kappa shape index (κ2) is 8.12. The lowest BCUT2D eigenvalue weighted by Gasteiger charge is -2.24. The SMILES string of the molecule is CN(C[C@@H](CC=O)c1ccc(F)cc1)C(=O)c1cccc(C(F)(F)F)c1. The number of aldehydes is 1. The van der Waals surface area contributed by atoms with Crippen LogP contribution in [-0.4, -0.2) is 30.7 Å². The van der Waals surface area contributed by atoms with Crippen molar-refractivity contribution in [2.45, 2.75) is 18.5 Å². The lowest BCUT2D eigenvalue weighted by Crippen LogP contribution is -2.31. The zero-order valence-corrected chi connectivity index (χ0v) is 14.0. The van der Waals surface area contributed by atoms with Crippen LogP contribution in [-0.2, 0) is 11.0 Å². The van der Waals surface area contributed by atoms with E-state index in [2.05, 4.69) is 0 Å². The fourth-order valence-electron chi connectivity index (χ4n) is 2.63. The highest BCUT2D eigenvalue weighted by Gasteiger charge is 2.31. The Hall–Kier alpha value is -2.70. The van der Waals surface area contributed by atoms with Crippen LogP contribution < -0.4 is 0 Å². The van der Waals surface area contributed by atoms with E-state index in [0.717, 1.165) is 12.1 Å². The van der Waals surface area contributed by atoms with Crippen molar-refractivity contribution in [3.8, 4) is 0 Å². The van der Waals surface area contributed by atoms with Gasteiger partial charge in [-0.05, 0) is 35.9 Å². The highest BCUT2D eigenvalue weighted by atomic mass is 19.4. The van der Waals surface area contributed by atoms with Crippen LogP contribution in [0.25, 0.3) is 0 Å². The molecule has 26 heavy (non-hydrogen) atoms. The second-order valence-electron chi connectivity index (χ2n) is 5.92. The normalized spacial score (nSPS) is 12.5. The van der Waals surface area contributed by atoms with Crippen molar-refractivity contribution < 1.29 is 27.2 Å². The smallest absolute Gasteiger partial charge is 0.341 e. The molecule has 0 unspecified atom stereocenters. The van der Waals surface area contributed by atoms with Crippen molar-refractivity contribution in [2.24, 2.45) is 0 Å². The number of halogens is 4. The van der Waals surface area contributed by atoms with Gasteiger partial charge in [-0.25, -0.2) is 4.39 Å². The molecule has 2 aromatic carbocycles. The maximum Gasteiger partial charge on any atom is 0.416 e. The third-order valence-electron chi connectivity index (χ3n) is 4.00. The molecule has 0 fully saturated rings. The fourth-order valence-corrected chi connectivity index (χ4v) is 2.63. The van der Waals surface area contributed by atoms with Crippen LogP contribution in [0, 0.1) is 5.82 Å². The molecule has 2 rings (SSSR count). The summed E-state index contributed by atoms with van der Waals surface area (Å²) in [5, 5.41) is 0. The van der Waals surface area contributed by atoms with E-state index < -0.39 is 23.5 Å². The number of amides is 1. The van der Waals surface area contributed by atoms with Crippen molar-refractivity contribution >= 4 is 12.2 Å². The number of hydrogen-bond acceptors (Lipinski definition) is 2. The minimum Gasteiger partial charge on any atom is -0.341 e. The molecule has 2 aromatic rings. The Balaban J connectivity index is 2.18. The Bertz CT molecular complexity index is 772. The Morgan fingerprint density at radius 1 is 1.15 bits per heavy atom. The Morgan fingerprint density at radius 3 is 2.38 bits per heavy atom. The largest absolute Gasteiger partial charge is 0.416 e. The van der Waals surface area contributed by atoms with Crippen molar-refractivity contribution in [2.75, 3.05) is 13.6 Å². The molecule has 0 aliphatic rings. The standard InChI is InChI=1S/C19H17F4NO2/c1-24(12-15(9-10-25)13-5-7-17(20)8-6-13)18(26)14-3-2-4-16(11-14)19(21,22)23/h2-8,10-11,15H,9,12H2,1H3/t15-/m1/s1. The number of nitrogens with zero attached hydrogens (tertiary/aromatic N) is 1. The number of likely N-dealkylation sites (N-methyl/N-ethyl adjacent to an activating group) is 1. The van der Waals surface area contributed by atoms with Crippen molar-refractivity contribution in [1.29, 1.82) is 0 Å². The van der Waals surface area contributed by atoms with E-state index in [1.54, 1.807) is 0 Å². The molecule has 0 radical (unpaired) electrons. The zero-order chi connectivity index (χ0) is 19.3. The predicted molar refractivity (Wildman–Crippen MR) is 88.2 cm³/mol. The molecular weight excluding hydrogens is 350 g/mol. The van der Waals surface area contributed by atoms with E-state index in [-0.39, 0.29) is 24.4 Å². The van der Waals surface area contributed by atoms with Crippen LogP contribution in [0.4, 0.5) is 17.6 Å². The molecular formula is C19H17F4NO2. The van der Waals surface area contributed by atoms with Gasteiger partial charge in [-0.15, -0.1) is 0 Å². The molecule has 0 heterocycles. The van der Waals surface area contributed by atoms with Gasteiger partial charge in [0.1, 0.15) is 12.1 Å². The van der Waals surface area contributed by atoms with E-state index in [1.807, 2.05) is 0 Å². The molecule has 138 valence electrons. The van der Waals surface area contributed by atoms with Crippen LogP contribution in [0.3, 0.4) is 0 Å². The molecule has 0 bridgehead atoms.